The van der Waals surface area contributed by atoms with Gasteiger partial charge in [-0.15, -0.1) is 0 Å². The highest BCUT2D eigenvalue weighted by molar-refractivity contribution is 5.97. The summed E-state index contributed by atoms with van der Waals surface area (Å²) in [6, 6.07) is 16.8. The van der Waals surface area contributed by atoms with Gasteiger partial charge in [-0.1, -0.05) is 42.5 Å². The number of rotatable bonds is 8. The lowest BCUT2D eigenvalue weighted by molar-refractivity contribution is -0.120. The number of urea groups is 1. The summed E-state index contributed by atoms with van der Waals surface area (Å²) in [6.45, 7) is 2.84. The molecular weight excluding hydrogens is 330 g/mol. The Kier molecular flexibility index (Phi) is 7.64. The standard InChI is InChI=1S/C20H25N3O3/c1-15(19(24)23-20(25)21-2)22-18-10-6-9-17(13-18)14-26-12-11-16-7-4-3-5-8-16/h3-10,13,15,22H,11-12,14H2,1-2H3,(H2,21,23,24,25)/t15-/m1/s1. The molecule has 0 fully saturated rings. The maximum absolute atomic E-state index is 11.9. The van der Waals surface area contributed by atoms with Crippen LogP contribution in [0.1, 0.15) is 18.1 Å². The molecule has 3 N–H and O–H groups in total. The van der Waals surface area contributed by atoms with Crippen molar-refractivity contribution in [3.8, 4) is 0 Å². The van der Waals surface area contributed by atoms with Crippen molar-refractivity contribution in [2.24, 2.45) is 0 Å². The number of nitrogens with one attached hydrogen (secondary N) is 3. The van der Waals surface area contributed by atoms with Crippen molar-refractivity contribution in [3.05, 3.63) is 65.7 Å². The summed E-state index contributed by atoms with van der Waals surface area (Å²) in [7, 11) is 1.46. The largest absolute Gasteiger partial charge is 0.376 e. The normalized spacial score (nSPS) is 11.5. The molecule has 0 bridgehead atoms. The van der Waals surface area contributed by atoms with Gasteiger partial charge in [0.25, 0.3) is 0 Å². The van der Waals surface area contributed by atoms with Crippen molar-refractivity contribution in [3.63, 3.8) is 0 Å². The van der Waals surface area contributed by atoms with Gasteiger partial charge < -0.3 is 15.4 Å². The van der Waals surface area contributed by atoms with Crippen LogP contribution in [-0.4, -0.2) is 31.6 Å². The Morgan fingerprint density at radius 3 is 2.50 bits per heavy atom. The van der Waals surface area contributed by atoms with E-state index >= 15 is 0 Å². The van der Waals surface area contributed by atoms with Crippen LogP contribution in [0.3, 0.4) is 0 Å². The van der Waals surface area contributed by atoms with E-state index in [2.05, 4.69) is 28.1 Å². The molecule has 26 heavy (non-hydrogen) atoms. The Labute approximate surface area is 153 Å². The van der Waals surface area contributed by atoms with Gasteiger partial charge >= 0.3 is 6.03 Å². The van der Waals surface area contributed by atoms with Crippen molar-refractivity contribution in [1.29, 1.82) is 0 Å². The lowest BCUT2D eigenvalue weighted by atomic mass is 10.1. The molecule has 0 saturated heterocycles. The average molecular weight is 355 g/mol. The SMILES string of the molecule is CNC(=O)NC(=O)[C@@H](C)Nc1cccc(COCCc2ccccc2)c1. The van der Waals surface area contributed by atoms with Crippen LogP contribution >= 0.6 is 0 Å². The van der Waals surface area contributed by atoms with E-state index in [-0.39, 0.29) is 0 Å². The van der Waals surface area contributed by atoms with Crippen LogP contribution in [0.25, 0.3) is 0 Å². The Morgan fingerprint density at radius 1 is 1.04 bits per heavy atom. The van der Waals surface area contributed by atoms with Gasteiger partial charge in [0.15, 0.2) is 0 Å². The number of hydrogen-bond donors (Lipinski definition) is 3. The highest BCUT2D eigenvalue weighted by Gasteiger charge is 2.14. The second kappa shape index (κ2) is 10.2. The summed E-state index contributed by atoms with van der Waals surface area (Å²) < 4.78 is 5.74. The van der Waals surface area contributed by atoms with Crippen molar-refractivity contribution >= 4 is 17.6 Å². The molecule has 0 aliphatic carbocycles. The van der Waals surface area contributed by atoms with E-state index in [9.17, 15) is 9.59 Å². The molecule has 2 rings (SSSR count). The van der Waals surface area contributed by atoms with Gasteiger partial charge in [-0.25, -0.2) is 4.79 Å². The number of hydrogen-bond acceptors (Lipinski definition) is 4. The van der Waals surface area contributed by atoms with Crippen molar-refractivity contribution in [2.45, 2.75) is 26.0 Å². The van der Waals surface area contributed by atoms with Gasteiger partial charge in [-0.05, 0) is 36.6 Å². The van der Waals surface area contributed by atoms with Gasteiger partial charge in [-0.3, -0.25) is 10.1 Å². The number of ether oxygens (including phenoxy) is 1. The van der Waals surface area contributed by atoms with Crippen LogP contribution in [0.4, 0.5) is 10.5 Å². The van der Waals surface area contributed by atoms with Gasteiger partial charge in [0, 0.05) is 12.7 Å². The third-order valence-corrected chi connectivity index (χ3v) is 3.81. The minimum Gasteiger partial charge on any atom is -0.376 e. The predicted octanol–water partition coefficient (Wildman–Crippen LogP) is 2.70. The molecule has 0 saturated carbocycles. The fraction of sp³-hybridized carbons (Fsp3) is 0.300. The molecule has 138 valence electrons. The monoisotopic (exact) mass is 355 g/mol. The predicted molar refractivity (Wildman–Crippen MR) is 102 cm³/mol. The molecular formula is C20H25N3O3. The first-order valence-electron chi connectivity index (χ1n) is 8.58. The van der Waals surface area contributed by atoms with Gasteiger partial charge in [0.1, 0.15) is 6.04 Å². The Morgan fingerprint density at radius 2 is 1.77 bits per heavy atom. The third kappa shape index (κ3) is 6.57. The molecule has 2 aromatic carbocycles. The first-order chi connectivity index (χ1) is 12.6. The minimum atomic E-state index is -0.540. The fourth-order valence-corrected chi connectivity index (χ4v) is 2.37. The molecule has 0 heterocycles. The number of anilines is 1. The fourth-order valence-electron chi connectivity index (χ4n) is 2.37. The summed E-state index contributed by atoms with van der Waals surface area (Å²) in [5.74, 6) is -0.395. The quantitative estimate of drug-likeness (QED) is 0.636. The number of amides is 3. The average Bonchev–Trinajstić information content (AvgIpc) is 2.66. The van der Waals surface area contributed by atoms with Gasteiger partial charge in [-0.2, -0.15) is 0 Å². The second-order valence-corrected chi connectivity index (χ2v) is 5.92. The maximum Gasteiger partial charge on any atom is 0.321 e. The van der Waals surface area contributed by atoms with E-state index < -0.39 is 18.0 Å². The van der Waals surface area contributed by atoms with E-state index in [1.54, 1.807) is 6.92 Å². The zero-order valence-corrected chi connectivity index (χ0v) is 15.1. The van der Waals surface area contributed by atoms with E-state index in [1.165, 1.54) is 12.6 Å². The highest BCUT2D eigenvalue weighted by atomic mass is 16.5. The zero-order valence-electron chi connectivity index (χ0n) is 15.1. The van der Waals surface area contributed by atoms with E-state index in [1.807, 2.05) is 42.5 Å². The Bertz CT molecular complexity index is 719. The number of carbonyl (C=O) groups excluding carboxylic acids is 2. The summed E-state index contributed by atoms with van der Waals surface area (Å²) >= 11 is 0. The summed E-state index contributed by atoms with van der Waals surface area (Å²) in [5, 5.41) is 7.67. The van der Waals surface area contributed by atoms with Crippen molar-refractivity contribution in [2.75, 3.05) is 19.0 Å². The molecule has 2 aromatic rings. The second-order valence-electron chi connectivity index (χ2n) is 5.92. The van der Waals surface area contributed by atoms with Gasteiger partial charge in [0.2, 0.25) is 5.91 Å². The Hall–Kier alpha value is -2.86. The lowest BCUT2D eigenvalue weighted by Gasteiger charge is -2.15. The molecule has 0 aromatic heterocycles. The van der Waals surface area contributed by atoms with Crippen LogP contribution < -0.4 is 16.0 Å². The minimum absolute atomic E-state index is 0.395. The third-order valence-electron chi connectivity index (χ3n) is 3.81. The highest BCUT2D eigenvalue weighted by Crippen LogP contribution is 2.13. The van der Waals surface area contributed by atoms with Crippen molar-refractivity contribution in [1.82, 2.24) is 10.6 Å². The number of imide groups is 1. The van der Waals surface area contributed by atoms with E-state index in [0.29, 0.717) is 13.2 Å². The van der Waals surface area contributed by atoms with Crippen LogP contribution in [0.5, 0.6) is 0 Å². The van der Waals surface area contributed by atoms with Crippen LogP contribution in [0.15, 0.2) is 54.6 Å². The van der Waals surface area contributed by atoms with E-state index in [0.717, 1.165) is 17.7 Å². The molecule has 6 nitrogen and oxygen atoms in total. The zero-order chi connectivity index (χ0) is 18.8. The molecule has 0 aliphatic heterocycles. The molecule has 0 aliphatic rings. The van der Waals surface area contributed by atoms with Crippen LogP contribution in [0.2, 0.25) is 0 Å². The van der Waals surface area contributed by atoms with E-state index in [4.69, 9.17) is 4.74 Å². The summed E-state index contributed by atoms with van der Waals surface area (Å²) in [6.07, 6.45) is 0.871. The maximum atomic E-state index is 11.9. The Balaban J connectivity index is 1.79. The van der Waals surface area contributed by atoms with Crippen molar-refractivity contribution < 1.29 is 14.3 Å². The first-order valence-corrected chi connectivity index (χ1v) is 8.58. The summed E-state index contributed by atoms with van der Waals surface area (Å²) in [5.41, 5.74) is 3.06. The number of benzene rings is 2. The molecule has 1 atom stereocenters. The molecule has 0 unspecified atom stereocenters. The lowest BCUT2D eigenvalue weighted by Crippen LogP contribution is -2.44. The van der Waals surface area contributed by atoms with Crippen LogP contribution in [0, 0.1) is 0 Å². The molecule has 0 radical (unpaired) electrons. The molecule has 6 heteroatoms. The summed E-state index contributed by atoms with van der Waals surface area (Å²) in [4.78, 5) is 23.1. The smallest absolute Gasteiger partial charge is 0.321 e. The number of carbonyl (C=O) groups is 2. The topological polar surface area (TPSA) is 79.5 Å². The first kappa shape index (κ1) is 19.5. The van der Waals surface area contributed by atoms with Crippen LogP contribution in [-0.2, 0) is 22.6 Å². The van der Waals surface area contributed by atoms with Gasteiger partial charge in [0.05, 0.1) is 13.2 Å². The molecule has 0 spiro atoms. The molecule has 3 amide bonds.